The number of amides is 1. The normalized spacial score (nSPS) is 14.7. The number of aromatic amines is 1. The molecule has 0 spiro atoms. The van der Waals surface area contributed by atoms with Gasteiger partial charge in [0, 0.05) is 41.6 Å². The van der Waals surface area contributed by atoms with Crippen LogP contribution in [0.25, 0.3) is 10.9 Å². The Morgan fingerprint density at radius 3 is 2.94 bits per heavy atom. The molecule has 174 valence electrons. The van der Waals surface area contributed by atoms with Crippen molar-refractivity contribution in [3.05, 3.63) is 75.9 Å². The van der Waals surface area contributed by atoms with Gasteiger partial charge in [-0.05, 0) is 48.6 Å². The minimum atomic E-state index is -0.0638. The zero-order valence-corrected chi connectivity index (χ0v) is 19.6. The van der Waals surface area contributed by atoms with Crippen molar-refractivity contribution in [1.82, 2.24) is 20.2 Å². The molecule has 7 nitrogen and oxygen atoms in total. The van der Waals surface area contributed by atoms with Crippen LogP contribution in [0.1, 0.15) is 39.5 Å². The maximum absolute atomic E-state index is 12.4. The van der Waals surface area contributed by atoms with Crippen LogP contribution in [0.3, 0.4) is 0 Å². The van der Waals surface area contributed by atoms with E-state index < -0.39 is 0 Å². The van der Waals surface area contributed by atoms with Crippen LogP contribution in [-0.2, 0) is 19.5 Å². The van der Waals surface area contributed by atoms with E-state index in [0.29, 0.717) is 18.3 Å². The predicted molar refractivity (Wildman–Crippen MR) is 131 cm³/mol. The van der Waals surface area contributed by atoms with E-state index in [0.717, 1.165) is 59.9 Å². The van der Waals surface area contributed by atoms with Gasteiger partial charge in [0.2, 0.25) is 6.79 Å². The van der Waals surface area contributed by atoms with E-state index in [1.165, 1.54) is 10.9 Å². The van der Waals surface area contributed by atoms with E-state index in [-0.39, 0.29) is 12.7 Å². The van der Waals surface area contributed by atoms with Crippen LogP contribution in [0.15, 0.2) is 54.0 Å². The topological polar surface area (TPSA) is 79.5 Å². The number of benzene rings is 2. The van der Waals surface area contributed by atoms with Crippen molar-refractivity contribution in [2.75, 3.05) is 13.3 Å². The van der Waals surface area contributed by atoms with E-state index in [2.05, 4.69) is 56.7 Å². The second-order valence-electron chi connectivity index (χ2n) is 8.88. The number of H-pyrrole nitrogens is 1. The number of para-hydroxylation sites is 1. The maximum atomic E-state index is 12.4. The van der Waals surface area contributed by atoms with E-state index >= 15 is 0 Å². The van der Waals surface area contributed by atoms with Gasteiger partial charge >= 0.3 is 0 Å². The Morgan fingerprint density at radius 1 is 1.15 bits per heavy atom. The van der Waals surface area contributed by atoms with Crippen molar-refractivity contribution in [2.45, 2.75) is 38.4 Å². The standard InChI is InChI=1S/C26H26N4O3S/c31-26(28-19-6-7-19)22-15-34-25(29-22)14-30(13-17-5-8-23-24(11-17)33-16-32-23)10-9-18-12-27-21-4-2-1-3-20(18)21/h1-5,8,11-12,15,19,27H,6-7,9-10,13-14,16H2,(H,28,31). The molecule has 2 N–H and O–H groups in total. The number of carbonyl (C=O) groups is 1. The van der Waals surface area contributed by atoms with Gasteiger partial charge in [-0.2, -0.15) is 0 Å². The summed E-state index contributed by atoms with van der Waals surface area (Å²) in [6.45, 7) is 2.56. The lowest BCUT2D eigenvalue weighted by Crippen LogP contribution is -2.27. The van der Waals surface area contributed by atoms with Crippen LogP contribution < -0.4 is 14.8 Å². The molecule has 1 aliphatic carbocycles. The average molecular weight is 475 g/mol. The summed E-state index contributed by atoms with van der Waals surface area (Å²) in [6.07, 6.45) is 5.15. The molecular formula is C26H26N4O3S. The number of nitrogens with zero attached hydrogens (tertiary/aromatic N) is 2. The lowest BCUT2D eigenvalue weighted by molar-refractivity contribution is 0.0946. The summed E-state index contributed by atoms with van der Waals surface area (Å²) in [7, 11) is 0. The highest BCUT2D eigenvalue weighted by atomic mass is 32.1. The van der Waals surface area contributed by atoms with E-state index in [1.54, 1.807) is 11.3 Å². The highest BCUT2D eigenvalue weighted by Crippen LogP contribution is 2.33. The van der Waals surface area contributed by atoms with Gasteiger partial charge < -0.3 is 19.8 Å². The first-order chi connectivity index (χ1) is 16.7. The van der Waals surface area contributed by atoms with Crippen molar-refractivity contribution in [3.63, 3.8) is 0 Å². The zero-order chi connectivity index (χ0) is 22.9. The highest BCUT2D eigenvalue weighted by molar-refractivity contribution is 7.09. The number of carbonyl (C=O) groups excluding carboxylic acids is 1. The third-order valence-corrected chi connectivity index (χ3v) is 7.10. The minimum Gasteiger partial charge on any atom is -0.454 e. The Kier molecular flexibility index (Phi) is 5.68. The molecule has 1 amide bonds. The lowest BCUT2D eigenvalue weighted by atomic mass is 10.1. The SMILES string of the molecule is O=C(NC1CC1)c1csc(CN(CCc2c[nH]c3ccccc23)Cc2ccc3c(c2)OCO3)n1. The number of aromatic nitrogens is 2. The molecule has 2 aromatic heterocycles. The number of hydrogen-bond acceptors (Lipinski definition) is 6. The van der Waals surface area contributed by atoms with Gasteiger partial charge in [-0.3, -0.25) is 9.69 Å². The van der Waals surface area contributed by atoms with E-state index in [4.69, 9.17) is 9.47 Å². The number of hydrogen-bond donors (Lipinski definition) is 2. The number of ether oxygens (including phenoxy) is 2. The number of fused-ring (bicyclic) bond motifs is 2. The minimum absolute atomic E-state index is 0.0638. The first kappa shape index (κ1) is 21.2. The van der Waals surface area contributed by atoms with Crippen molar-refractivity contribution in [1.29, 1.82) is 0 Å². The summed E-state index contributed by atoms with van der Waals surface area (Å²) in [5.41, 5.74) is 4.14. The van der Waals surface area contributed by atoms with Gasteiger partial charge in [-0.1, -0.05) is 24.3 Å². The highest BCUT2D eigenvalue weighted by Gasteiger charge is 2.25. The predicted octanol–water partition coefficient (Wildman–Crippen LogP) is 4.49. The van der Waals surface area contributed by atoms with Crippen molar-refractivity contribution >= 4 is 28.1 Å². The molecule has 0 radical (unpaired) electrons. The summed E-state index contributed by atoms with van der Waals surface area (Å²) in [6, 6.07) is 14.8. The molecule has 8 heteroatoms. The van der Waals surface area contributed by atoms with Crippen LogP contribution in [0, 0.1) is 0 Å². The molecule has 0 saturated heterocycles. The molecule has 34 heavy (non-hydrogen) atoms. The first-order valence-corrected chi connectivity index (χ1v) is 12.5. The summed E-state index contributed by atoms with van der Waals surface area (Å²) < 4.78 is 11.0. The zero-order valence-electron chi connectivity index (χ0n) is 18.8. The quantitative estimate of drug-likeness (QED) is 0.374. The molecule has 1 fully saturated rings. The molecule has 3 heterocycles. The molecule has 0 bridgehead atoms. The maximum Gasteiger partial charge on any atom is 0.270 e. The fourth-order valence-corrected chi connectivity index (χ4v) is 5.11. The smallest absolute Gasteiger partial charge is 0.270 e. The summed E-state index contributed by atoms with van der Waals surface area (Å²) >= 11 is 1.55. The Morgan fingerprint density at radius 2 is 2.03 bits per heavy atom. The molecule has 6 rings (SSSR count). The molecular weight excluding hydrogens is 448 g/mol. The Labute approximate surface area is 201 Å². The summed E-state index contributed by atoms with van der Waals surface area (Å²) in [5, 5.41) is 7.10. The van der Waals surface area contributed by atoms with Gasteiger partial charge in [0.15, 0.2) is 11.5 Å². The van der Waals surface area contributed by atoms with Gasteiger partial charge in [0.25, 0.3) is 5.91 Å². The van der Waals surface area contributed by atoms with Crippen LogP contribution in [0.2, 0.25) is 0 Å². The number of nitrogens with one attached hydrogen (secondary N) is 2. The number of rotatable bonds is 9. The fourth-order valence-electron chi connectivity index (χ4n) is 4.29. The molecule has 1 saturated carbocycles. The van der Waals surface area contributed by atoms with Crippen molar-refractivity contribution in [3.8, 4) is 11.5 Å². The van der Waals surface area contributed by atoms with Gasteiger partial charge in [0.1, 0.15) is 10.7 Å². The molecule has 1 aliphatic heterocycles. The molecule has 2 aliphatic rings. The molecule has 4 aromatic rings. The Hall–Kier alpha value is -3.36. The number of thiazole rings is 1. The third-order valence-electron chi connectivity index (χ3n) is 6.27. The van der Waals surface area contributed by atoms with Crippen LogP contribution in [0.4, 0.5) is 0 Å². The Balaban J connectivity index is 1.19. The summed E-state index contributed by atoms with van der Waals surface area (Å²) in [4.78, 5) is 22.8. The van der Waals surface area contributed by atoms with Crippen LogP contribution in [0.5, 0.6) is 11.5 Å². The average Bonchev–Trinajstić information content (AvgIpc) is 3.24. The lowest BCUT2D eigenvalue weighted by Gasteiger charge is -2.21. The monoisotopic (exact) mass is 474 g/mol. The second-order valence-corrected chi connectivity index (χ2v) is 9.82. The van der Waals surface area contributed by atoms with Gasteiger partial charge in [-0.15, -0.1) is 11.3 Å². The van der Waals surface area contributed by atoms with Crippen LogP contribution >= 0.6 is 11.3 Å². The van der Waals surface area contributed by atoms with E-state index in [9.17, 15) is 4.79 Å². The molecule has 0 unspecified atom stereocenters. The van der Waals surface area contributed by atoms with Crippen LogP contribution in [-0.4, -0.2) is 40.2 Å². The van der Waals surface area contributed by atoms with Gasteiger partial charge in [-0.25, -0.2) is 4.98 Å². The fraction of sp³-hybridized carbons (Fsp3) is 0.308. The largest absolute Gasteiger partial charge is 0.454 e. The third kappa shape index (κ3) is 4.64. The van der Waals surface area contributed by atoms with E-state index in [1.807, 2.05) is 17.5 Å². The van der Waals surface area contributed by atoms with Crippen molar-refractivity contribution < 1.29 is 14.3 Å². The Bertz CT molecular complexity index is 1330. The first-order valence-electron chi connectivity index (χ1n) is 11.6. The molecule has 0 atom stereocenters. The van der Waals surface area contributed by atoms with Gasteiger partial charge in [0.05, 0.1) is 6.54 Å². The molecule has 2 aromatic carbocycles. The second kappa shape index (κ2) is 9.12. The summed E-state index contributed by atoms with van der Waals surface area (Å²) in [5.74, 6) is 1.52. The van der Waals surface area contributed by atoms with Crippen molar-refractivity contribution in [2.24, 2.45) is 0 Å².